The van der Waals surface area contributed by atoms with E-state index in [1.807, 2.05) is 19.1 Å². The van der Waals surface area contributed by atoms with Crippen molar-refractivity contribution in [1.29, 1.82) is 0 Å². The molecule has 2 aromatic carbocycles. The minimum atomic E-state index is -0.209. The number of anilines is 2. The molecule has 8 nitrogen and oxygen atoms in total. The summed E-state index contributed by atoms with van der Waals surface area (Å²) in [6.45, 7) is 2.82. The molecule has 1 unspecified atom stereocenters. The summed E-state index contributed by atoms with van der Waals surface area (Å²) in [5, 5.41) is 8.15. The average Bonchev–Trinajstić information content (AvgIpc) is 2.73. The zero-order valence-corrected chi connectivity index (χ0v) is 16.9. The zero-order chi connectivity index (χ0) is 21.2. The van der Waals surface area contributed by atoms with E-state index in [1.165, 1.54) is 0 Å². The molecule has 0 saturated carbocycles. The summed E-state index contributed by atoms with van der Waals surface area (Å²) in [6.07, 6.45) is 0. The SMILES string of the molecule is CC[NH+](CC(=O)Nc1ccc(C(=O)NC)cc1)CC(=O)Nc1ccccc1OC. The Balaban J connectivity index is 1.89. The Labute approximate surface area is 170 Å². The lowest BCUT2D eigenvalue weighted by atomic mass is 10.2. The number of quaternary nitrogens is 1. The van der Waals surface area contributed by atoms with E-state index in [-0.39, 0.29) is 30.8 Å². The molecule has 3 amide bonds. The van der Waals surface area contributed by atoms with Gasteiger partial charge in [-0.1, -0.05) is 12.1 Å². The van der Waals surface area contributed by atoms with E-state index in [9.17, 15) is 14.4 Å². The Morgan fingerprint density at radius 1 is 0.931 bits per heavy atom. The molecular formula is C21H27N4O4+. The normalized spacial score (nSPS) is 11.3. The average molecular weight is 399 g/mol. The number of nitrogens with one attached hydrogen (secondary N) is 4. The van der Waals surface area contributed by atoms with Crippen molar-refractivity contribution >= 4 is 29.1 Å². The fraction of sp³-hybridized carbons (Fsp3) is 0.286. The highest BCUT2D eigenvalue weighted by Crippen LogP contribution is 2.22. The van der Waals surface area contributed by atoms with Crippen LogP contribution >= 0.6 is 0 Å². The van der Waals surface area contributed by atoms with Gasteiger partial charge in [-0.15, -0.1) is 0 Å². The molecule has 0 aromatic heterocycles. The summed E-state index contributed by atoms with van der Waals surface area (Å²) in [5.74, 6) is -0.0175. The first-order valence-corrected chi connectivity index (χ1v) is 9.35. The number of para-hydroxylation sites is 2. The number of carbonyl (C=O) groups excluding carboxylic acids is 3. The summed E-state index contributed by atoms with van der Waals surface area (Å²) in [4.78, 5) is 37.1. The molecule has 1 atom stereocenters. The number of amides is 3. The Kier molecular flexibility index (Phi) is 8.17. The standard InChI is InChI=1S/C21H26N4O4/c1-4-25(14-20(27)24-17-7-5-6-8-18(17)29-3)13-19(26)23-16-11-9-15(10-12-16)21(28)22-2/h5-12H,4,13-14H2,1-3H3,(H,22,28)(H,23,26)(H,24,27)/p+1. The van der Waals surface area contributed by atoms with Crippen LogP contribution in [0.4, 0.5) is 11.4 Å². The number of benzene rings is 2. The number of hydrogen-bond donors (Lipinski definition) is 4. The van der Waals surface area contributed by atoms with Crippen molar-refractivity contribution in [3.8, 4) is 5.75 Å². The molecule has 8 heteroatoms. The highest BCUT2D eigenvalue weighted by atomic mass is 16.5. The van der Waals surface area contributed by atoms with E-state index in [0.717, 1.165) is 4.90 Å². The molecule has 2 aromatic rings. The highest BCUT2D eigenvalue weighted by molar-refractivity contribution is 5.96. The van der Waals surface area contributed by atoms with Gasteiger partial charge in [0.05, 0.1) is 19.3 Å². The smallest absolute Gasteiger partial charge is 0.279 e. The van der Waals surface area contributed by atoms with E-state index in [4.69, 9.17) is 4.74 Å². The monoisotopic (exact) mass is 399 g/mol. The topological polar surface area (TPSA) is 101 Å². The van der Waals surface area contributed by atoms with Crippen molar-refractivity contribution in [2.75, 3.05) is 44.4 Å². The number of carbonyl (C=O) groups is 3. The van der Waals surface area contributed by atoms with Crippen molar-refractivity contribution in [3.63, 3.8) is 0 Å². The van der Waals surface area contributed by atoms with Crippen molar-refractivity contribution in [1.82, 2.24) is 5.32 Å². The molecule has 0 aliphatic carbocycles. The lowest BCUT2D eigenvalue weighted by Crippen LogP contribution is -3.13. The Hall–Kier alpha value is -3.39. The molecule has 4 N–H and O–H groups in total. The van der Waals surface area contributed by atoms with Gasteiger partial charge in [-0.25, -0.2) is 0 Å². The van der Waals surface area contributed by atoms with Crippen LogP contribution in [0.2, 0.25) is 0 Å². The van der Waals surface area contributed by atoms with Crippen LogP contribution in [-0.4, -0.2) is 51.5 Å². The minimum absolute atomic E-state index is 0.146. The molecule has 0 heterocycles. The van der Waals surface area contributed by atoms with Crippen molar-refractivity contribution in [3.05, 3.63) is 54.1 Å². The summed E-state index contributed by atoms with van der Waals surface area (Å²) >= 11 is 0. The molecule has 0 spiro atoms. The number of methoxy groups -OCH3 is 1. The van der Waals surface area contributed by atoms with Gasteiger partial charge in [-0.05, 0) is 43.3 Å². The molecule has 0 bridgehead atoms. The maximum atomic E-state index is 12.4. The van der Waals surface area contributed by atoms with Crippen LogP contribution in [0, 0.1) is 0 Å². The van der Waals surface area contributed by atoms with Crippen LogP contribution in [0.3, 0.4) is 0 Å². The lowest BCUT2D eigenvalue weighted by Gasteiger charge is -2.17. The van der Waals surface area contributed by atoms with Gasteiger partial charge in [-0.3, -0.25) is 14.4 Å². The first-order chi connectivity index (χ1) is 14.0. The van der Waals surface area contributed by atoms with Crippen molar-refractivity contribution < 1.29 is 24.0 Å². The van der Waals surface area contributed by atoms with Gasteiger partial charge in [0.2, 0.25) is 0 Å². The predicted octanol–water partition coefficient (Wildman–Crippen LogP) is 0.537. The number of likely N-dealkylation sites (N-methyl/N-ethyl adjacent to an activating group) is 1. The summed E-state index contributed by atoms with van der Waals surface area (Å²) < 4.78 is 5.23. The van der Waals surface area contributed by atoms with E-state index in [2.05, 4.69) is 16.0 Å². The molecule has 0 fully saturated rings. The molecular weight excluding hydrogens is 372 g/mol. The highest BCUT2D eigenvalue weighted by Gasteiger charge is 2.18. The second-order valence-electron chi connectivity index (χ2n) is 6.41. The molecule has 0 aliphatic heterocycles. The second kappa shape index (κ2) is 10.8. The van der Waals surface area contributed by atoms with Crippen molar-refractivity contribution in [2.45, 2.75) is 6.92 Å². The predicted molar refractivity (Wildman–Crippen MR) is 111 cm³/mol. The van der Waals surface area contributed by atoms with Crippen LogP contribution in [0.1, 0.15) is 17.3 Å². The molecule has 0 saturated heterocycles. The van der Waals surface area contributed by atoms with Crippen LogP contribution in [0.15, 0.2) is 48.5 Å². The quantitative estimate of drug-likeness (QED) is 0.494. The molecule has 2 rings (SSSR count). The van der Waals surface area contributed by atoms with Crippen LogP contribution in [0.5, 0.6) is 5.75 Å². The van der Waals surface area contributed by atoms with E-state index in [0.29, 0.717) is 29.2 Å². The third-order valence-electron chi connectivity index (χ3n) is 4.36. The van der Waals surface area contributed by atoms with Gasteiger partial charge in [0.1, 0.15) is 5.75 Å². The summed E-state index contributed by atoms with van der Waals surface area (Å²) in [7, 11) is 3.10. The zero-order valence-electron chi connectivity index (χ0n) is 16.9. The molecule has 0 radical (unpaired) electrons. The van der Waals surface area contributed by atoms with Gasteiger partial charge >= 0.3 is 0 Å². The fourth-order valence-corrected chi connectivity index (χ4v) is 2.76. The third-order valence-corrected chi connectivity index (χ3v) is 4.36. The maximum absolute atomic E-state index is 12.4. The van der Waals surface area contributed by atoms with Gasteiger partial charge < -0.3 is 25.6 Å². The lowest BCUT2D eigenvalue weighted by molar-refractivity contribution is -0.881. The number of hydrogen-bond acceptors (Lipinski definition) is 4. The second-order valence-corrected chi connectivity index (χ2v) is 6.41. The fourth-order valence-electron chi connectivity index (χ4n) is 2.76. The summed E-state index contributed by atoms with van der Waals surface area (Å²) in [6, 6.07) is 13.8. The van der Waals surface area contributed by atoms with Gasteiger partial charge in [0, 0.05) is 18.3 Å². The molecule has 154 valence electrons. The van der Waals surface area contributed by atoms with Gasteiger partial charge in [-0.2, -0.15) is 0 Å². The van der Waals surface area contributed by atoms with Gasteiger partial charge in [0.25, 0.3) is 17.7 Å². The first-order valence-electron chi connectivity index (χ1n) is 9.35. The molecule has 0 aliphatic rings. The maximum Gasteiger partial charge on any atom is 0.279 e. The minimum Gasteiger partial charge on any atom is -0.495 e. The number of rotatable bonds is 9. The van der Waals surface area contributed by atoms with Crippen LogP contribution in [-0.2, 0) is 9.59 Å². The molecule has 29 heavy (non-hydrogen) atoms. The largest absolute Gasteiger partial charge is 0.495 e. The Morgan fingerprint density at radius 3 is 2.14 bits per heavy atom. The van der Waals surface area contributed by atoms with E-state index < -0.39 is 0 Å². The first kappa shape index (κ1) is 21.9. The third kappa shape index (κ3) is 6.62. The van der Waals surface area contributed by atoms with Crippen LogP contribution in [0.25, 0.3) is 0 Å². The van der Waals surface area contributed by atoms with E-state index >= 15 is 0 Å². The number of ether oxygens (including phenoxy) is 1. The Bertz CT molecular complexity index is 852. The summed E-state index contributed by atoms with van der Waals surface area (Å²) in [5.41, 5.74) is 1.70. The van der Waals surface area contributed by atoms with Crippen LogP contribution < -0.4 is 25.6 Å². The van der Waals surface area contributed by atoms with Gasteiger partial charge in [0.15, 0.2) is 13.1 Å². The van der Waals surface area contributed by atoms with E-state index in [1.54, 1.807) is 50.6 Å². The van der Waals surface area contributed by atoms with Crippen molar-refractivity contribution in [2.24, 2.45) is 0 Å². The Morgan fingerprint density at radius 2 is 1.55 bits per heavy atom.